The Morgan fingerprint density at radius 1 is 1.29 bits per heavy atom. The summed E-state index contributed by atoms with van der Waals surface area (Å²) >= 11 is 0. The van der Waals surface area contributed by atoms with Crippen LogP contribution in [0, 0.1) is 0 Å². The maximum Gasteiger partial charge on any atom is 0.251 e. The van der Waals surface area contributed by atoms with Crippen LogP contribution in [0.25, 0.3) is 10.9 Å². The van der Waals surface area contributed by atoms with Gasteiger partial charge < -0.3 is 10.3 Å². The summed E-state index contributed by atoms with van der Waals surface area (Å²) in [6.07, 6.45) is 5.57. The van der Waals surface area contributed by atoms with Crippen LogP contribution < -0.4 is 10.9 Å². The van der Waals surface area contributed by atoms with E-state index < -0.39 is 0 Å². The number of piperidine rings is 1. The lowest BCUT2D eigenvalue weighted by Gasteiger charge is -2.22. The van der Waals surface area contributed by atoms with Crippen LogP contribution in [0.15, 0.2) is 29.3 Å². The van der Waals surface area contributed by atoms with Crippen LogP contribution in [0.4, 0.5) is 0 Å². The molecule has 0 aromatic carbocycles. The predicted molar refractivity (Wildman–Crippen MR) is 67.2 cm³/mol. The van der Waals surface area contributed by atoms with E-state index in [2.05, 4.69) is 15.3 Å². The molecule has 2 aromatic rings. The highest BCUT2D eigenvalue weighted by molar-refractivity contribution is 5.77. The lowest BCUT2D eigenvalue weighted by Crippen LogP contribution is -2.29. The predicted octanol–water partition coefficient (Wildman–Crippen LogP) is 1.39. The van der Waals surface area contributed by atoms with Gasteiger partial charge in [0.1, 0.15) is 0 Å². The molecule has 4 heteroatoms. The van der Waals surface area contributed by atoms with E-state index in [1.165, 1.54) is 0 Å². The van der Waals surface area contributed by atoms with Gasteiger partial charge in [0.05, 0.1) is 5.52 Å². The molecule has 1 fully saturated rings. The van der Waals surface area contributed by atoms with E-state index in [9.17, 15) is 4.79 Å². The summed E-state index contributed by atoms with van der Waals surface area (Å²) < 4.78 is 0. The Balaban J connectivity index is 2.09. The third-order valence-corrected chi connectivity index (χ3v) is 3.45. The van der Waals surface area contributed by atoms with E-state index in [4.69, 9.17) is 0 Å². The Morgan fingerprint density at radius 3 is 2.94 bits per heavy atom. The van der Waals surface area contributed by atoms with Crippen LogP contribution >= 0.6 is 0 Å². The second-order valence-corrected chi connectivity index (χ2v) is 4.54. The largest absolute Gasteiger partial charge is 0.322 e. The van der Waals surface area contributed by atoms with E-state index >= 15 is 0 Å². The zero-order chi connectivity index (χ0) is 11.7. The first-order valence-corrected chi connectivity index (χ1v) is 6.02. The van der Waals surface area contributed by atoms with Gasteiger partial charge in [0, 0.05) is 23.3 Å². The third-order valence-electron chi connectivity index (χ3n) is 3.45. The molecule has 3 rings (SSSR count). The topological polar surface area (TPSA) is 57.8 Å². The number of aromatic amines is 1. The van der Waals surface area contributed by atoms with Crippen molar-refractivity contribution in [1.29, 1.82) is 0 Å². The Bertz CT molecular complexity index is 584. The van der Waals surface area contributed by atoms with Crippen LogP contribution in [0.3, 0.4) is 0 Å². The number of fused-ring (bicyclic) bond motifs is 1. The van der Waals surface area contributed by atoms with Gasteiger partial charge in [-0.2, -0.15) is 0 Å². The molecule has 0 amide bonds. The quantitative estimate of drug-likeness (QED) is 0.777. The van der Waals surface area contributed by atoms with Crippen LogP contribution in [0.2, 0.25) is 0 Å². The van der Waals surface area contributed by atoms with Crippen LogP contribution in [-0.2, 0) is 0 Å². The number of aromatic nitrogens is 2. The van der Waals surface area contributed by atoms with Gasteiger partial charge in [0.15, 0.2) is 0 Å². The first-order chi connectivity index (χ1) is 8.34. The van der Waals surface area contributed by atoms with Gasteiger partial charge >= 0.3 is 0 Å². The summed E-state index contributed by atoms with van der Waals surface area (Å²) in [7, 11) is 0. The summed E-state index contributed by atoms with van der Waals surface area (Å²) in [5, 5.41) is 4.33. The van der Waals surface area contributed by atoms with E-state index in [0.29, 0.717) is 5.92 Å². The number of pyridine rings is 2. The monoisotopic (exact) mass is 229 g/mol. The molecule has 0 bridgehead atoms. The summed E-state index contributed by atoms with van der Waals surface area (Å²) in [6.45, 7) is 1.99. The molecule has 1 saturated heterocycles. The van der Waals surface area contributed by atoms with Gasteiger partial charge in [-0.05, 0) is 44.0 Å². The van der Waals surface area contributed by atoms with Gasteiger partial charge in [-0.3, -0.25) is 9.78 Å². The summed E-state index contributed by atoms with van der Waals surface area (Å²) in [4.78, 5) is 19.1. The maximum atomic E-state index is 12.0. The van der Waals surface area contributed by atoms with Crippen molar-refractivity contribution >= 4 is 10.9 Å². The van der Waals surface area contributed by atoms with E-state index in [1.807, 2.05) is 12.1 Å². The Kier molecular flexibility index (Phi) is 2.65. The molecule has 0 atom stereocenters. The highest BCUT2D eigenvalue weighted by Gasteiger charge is 2.18. The summed E-state index contributed by atoms with van der Waals surface area (Å²) in [5.41, 5.74) is 1.82. The average molecular weight is 229 g/mol. The number of hydrogen-bond donors (Lipinski definition) is 2. The molecule has 1 aliphatic heterocycles. The van der Waals surface area contributed by atoms with Crippen LogP contribution in [0.1, 0.15) is 24.3 Å². The standard InChI is InChI=1S/C13H15N3O/c17-13-11(9-1-4-14-5-2-9)7-10-8-15-6-3-12(10)16-13/h3,6-9,14H,1-2,4-5H2,(H,16,17). The molecule has 2 aromatic heterocycles. The van der Waals surface area contributed by atoms with E-state index in [1.54, 1.807) is 12.4 Å². The second-order valence-electron chi connectivity index (χ2n) is 4.54. The van der Waals surface area contributed by atoms with Crippen molar-refractivity contribution in [2.24, 2.45) is 0 Å². The third kappa shape index (κ3) is 1.96. The zero-order valence-corrected chi connectivity index (χ0v) is 9.57. The minimum absolute atomic E-state index is 0.0515. The fraction of sp³-hybridized carbons (Fsp3) is 0.385. The van der Waals surface area contributed by atoms with E-state index in [0.717, 1.165) is 42.4 Å². The fourth-order valence-corrected chi connectivity index (χ4v) is 2.50. The number of H-pyrrole nitrogens is 1. The zero-order valence-electron chi connectivity index (χ0n) is 9.57. The molecule has 0 saturated carbocycles. The first kappa shape index (κ1) is 10.5. The normalized spacial score (nSPS) is 17.4. The lowest BCUT2D eigenvalue weighted by molar-refractivity contribution is 0.458. The van der Waals surface area contributed by atoms with Crippen LogP contribution in [0.5, 0.6) is 0 Å². The summed E-state index contributed by atoms with van der Waals surface area (Å²) in [5.74, 6) is 0.379. The van der Waals surface area contributed by atoms with Crippen LogP contribution in [-0.4, -0.2) is 23.1 Å². The van der Waals surface area contributed by atoms with Gasteiger partial charge in [-0.15, -0.1) is 0 Å². The lowest BCUT2D eigenvalue weighted by atomic mass is 9.90. The fourth-order valence-electron chi connectivity index (χ4n) is 2.50. The second kappa shape index (κ2) is 4.30. The highest BCUT2D eigenvalue weighted by Crippen LogP contribution is 2.23. The van der Waals surface area contributed by atoms with Crippen molar-refractivity contribution in [3.63, 3.8) is 0 Å². The number of nitrogens with zero attached hydrogens (tertiary/aromatic N) is 1. The smallest absolute Gasteiger partial charge is 0.251 e. The minimum atomic E-state index is 0.0515. The number of hydrogen-bond acceptors (Lipinski definition) is 3. The molecular weight excluding hydrogens is 214 g/mol. The highest BCUT2D eigenvalue weighted by atomic mass is 16.1. The van der Waals surface area contributed by atoms with Gasteiger partial charge in [-0.25, -0.2) is 0 Å². The molecule has 1 aliphatic rings. The first-order valence-electron chi connectivity index (χ1n) is 6.02. The molecular formula is C13H15N3O. The number of nitrogens with one attached hydrogen (secondary N) is 2. The molecule has 0 unspecified atom stereocenters. The molecule has 3 heterocycles. The molecule has 2 N–H and O–H groups in total. The molecule has 0 radical (unpaired) electrons. The SMILES string of the molecule is O=c1[nH]c2ccncc2cc1C1CCNCC1. The average Bonchev–Trinajstić information content (AvgIpc) is 2.39. The summed E-state index contributed by atoms with van der Waals surface area (Å²) in [6, 6.07) is 3.83. The molecule has 4 nitrogen and oxygen atoms in total. The Morgan fingerprint density at radius 2 is 2.12 bits per heavy atom. The van der Waals surface area contributed by atoms with Crippen molar-refractivity contribution in [2.45, 2.75) is 18.8 Å². The molecule has 0 aliphatic carbocycles. The minimum Gasteiger partial charge on any atom is -0.322 e. The number of rotatable bonds is 1. The van der Waals surface area contributed by atoms with Gasteiger partial charge in [0.25, 0.3) is 5.56 Å². The van der Waals surface area contributed by atoms with Crippen molar-refractivity contribution in [2.75, 3.05) is 13.1 Å². The Hall–Kier alpha value is -1.68. The molecule has 17 heavy (non-hydrogen) atoms. The van der Waals surface area contributed by atoms with Gasteiger partial charge in [-0.1, -0.05) is 0 Å². The van der Waals surface area contributed by atoms with Crippen molar-refractivity contribution in [1.82, 2.24) is 15.3 Å². The van der Waals surface area contributed by atoms with Crippen molar-refractivity contribution < 1.29 is 0 Å². The molecule has 88 valence electrons. The maximum absolute atomic E-state index is 12.0. The van der Waals surface area contributed by atoms with E-state index in [-0.39, 0.29) is 5.56 Å². The molecule has 0 spiro atoms. The Labute approximate surface area is 99.1 Å². The van der Waals surface area contributed by atoms with Gasteiger partial charge in [0.2, 0.25) is 0 Å². The van der Waals surface area contributed by atoms with Crippen molar-refractivity contribution in [3.05, 3.63) is 40.4 Å². The van der Waals surface area contributed by atoms with Crippen molar-refractivity contribution in [3.8, 4) is 0 Å².